The minimum absolute atomic E-state index is 0.0497. The van der Waals surface area contributed by atoms with E-state index in [0.29, 0.717) is 46.1 Å². The Kier molecular flexibility index (Phi) is 6.13. The van der Waals surface area contributed by atoms with E-state index in [1.165, 1.54) is 12.4 Å². The third-order valence-electron chi connectivity index (χ3n) is 6.25. The summed E-state index contributed by atoms with van der Waals surface area (Å²) in [7, 11) is 0. The van der Waals surface area contributed by atoms with Gasteiger partial charge < -0.3 is 14.8 Å². The molecule has 0 saturated carbocycles. The average molecular weight is 541 g/mol. The second-order valence-corrected chi connectivity index (χ2v) is 10.4. The summed E-state index contributed by atoms with van der Waals surface area (Å²) in [6, 6.07) is 9.81. The molecule has 0 fully saturated rings. The molecule has 2 aliphatic rings. The zero-order valence-corrected chi connectivity index (χ0v) is 21.4. The van der Waals surface area contributed by atoms with Crippen molar-refractivity contribution in [2.45, 2.75) is 46.3 Å². The molecular formula is C26H26BrFN4O3. The molecule has 1 unspecified atom stereocenters. The van der Waals surface area contributed by atoms with E-state index in [9.17, 15) is 9.18 Å². The van der Waals surface area contributed by atoms with Crippen LogP contribution in [-0.4, -0.2) is 27.2 Å². The number of nitrogens with zero attached hydrogens (tertiary/aromatic N) is 3. The summed E-state index contributed by atoms with van der Waals surface area (Å²) in [5.41, 5.74) is 2.69. The van der Waals surface area contributed by atoms with Crippen LogP contribution in [-0.2, 0) is 11.4 Å². The molecule has 3 aromatic rings. The zero-order chi connectivity index (χ0) is 24.7. The van der Waals surface area contributed by atoms with Crippen molar-refractivity contribution >= 4 is 27.7 Å². The van der Waals surface area contributed by atoms with Crippen LogP contribution in [0.2, 0.25) is 0 Å². The standard InChI is InChI=1S/C26H26BrFN4O3/c1-4-34-21-10-16(9-17(27)24(21)35-13-15-7-5-6-8-18(15)28)23-22-19(11-26(2,3)12-20(22)33)31-25-29-14-30-32(23)25/h5-10,14,23H,4,11-13H2,1-3H3,(H,29,30,31). The smallest absolute Gasteiger partial charge is 0.226 e. The van der Waals surface area contributed by atoms with Crippen molar-refractivity contribution in [3.63, 3.8) is 0 Å². The number of hydrogen-bond acceptors (Lipinski definition) is 6. The number of nitrogens with one attached hydrogen (secondary N) is 1. The summed E-state index contributed by atoms with van der Waals surface area (Å²) in [5, 5.41) is 7.74. The van der Waals surface area contributed by atoms with E-state index in [2.05, 4.69) is 45.2 Å². The molecule has 1 aliphatic carbocycles. The van der Waals surface area contributed by atoms with Crippen LogP contribution in [0.5, 0.6) is 11.5 Å². The number of ether oxygens (including phenoxy) is 2. The van der Waals surface area contributed by atoms with Gasteiger partial charge in [0.25, 0.3) is 0 Å². The van der Waals surface area contributed by atoms with Crippen molar-refractivity contribution in [3.8, 4) is 11.5 Å². The van der Waals surface area contributed by atoms with Gasteiger partial charge in [0.1, 0.15) is 24.8 Å². The summed E-state index contributed by atoms with van der Waals surface area (Å²) in [6.07, 6.45) is 2.67. The van der Waals surface area contributed by atoms with E-state index in [4.69, 9.17) is 9.47 Å². The first-order valence-corrected chi connectivity index (χ1v) is 12.3. The fraction of sp³-hybridized carbons (Fsp3) is 0.346. The Hall–Kier alpha value is -3.20. The predicted molar refractivity (Wildman–Crippen MR) is 133 cm³/mol. The number of fused-ring (bicyclic) bond motifs is 1. The maximum atomic E-state index is 14.1. The molecule has 1 aromatic heterocycles. The van der Waals surface area contributed by atoms with Gasteiger partial charge in [0.15, 0.2) is 17.3 Å². The Balaban J connectivity index is 1.57. The second-order valence-electron chi connectivity index (χ2n) is 9.53. The number of benzene rings is 2. The molecule has 9 heteroatoms. The molecule has 5 rings (SSSR count). The lowest BCUT2D eigenvalue weighted by Gasteiger charge is -2.38. The Morgan fingerprint density at radius 3 is 2.80 bits per heavy atom. The number of ketones is 1. The second kappa shape index (κ2) is 9.11. The highest BCUT2D eigenvalue weighted by molar-refractivity contribution is 9.10. The Labute approximate surface area is 211 Å². The average Bonchev–Trinajstić information content (AvgIpc) is 3.25. The predicted octanol–water partition coefficient (Wildman–Crippen LogP) is 5.82. The quantitative estimate of drug-likeness (QED) is 0.424. The van der Waals surface area contributed by atoms with Crippen LogP contribution in [0.25, 0.3) is 0 Å². The van der Waals surface area contributed by atoms with Gasteiger partial charge in [-0.1, -0.05) is 32.0 Å². The number of anilines is 1. The Morgan fingerprint density at radius 1 is 1.23 bits per heavy atom. The first-order valence-electron chi connectivity index (χ1n) is 11.5. The molecule has 0 saturated heterocycles. The first kappa shape index (κ1) is 23.5. The van der Waals surface area contributed by atoms with Gasteiger partial charge in [0.2, 0.25) is 5.95 Å². The highest BCUT2D eigenvalue weighted by Gasteiger charge is 2.41. The fourth-order valence-electron chi connectivity index (χ4n) is 4.77. The maximum Gasteiger partial charge on any atom is 0.226 e. The number of carbonyl (C=O) groups excluding carboxylic acids is 1. The van der Waals surface area contributed by atoms with Gasteiger partial charge in [-0.15, -0.1) is 0 Å². The summed E-state index contributed by atoms with van der Waals surface area (Å²) in [6.45, 7) is 6.53. The minimum atomic E-state index is -0.455. The summed E-state index contributed by atoms with van der Waals surface area (Å²) in [4.78, 5) is 17.7. The molecular weight excluding hydrogens is 515 g/mol. The van der Waals surface area contributed by atoms with Gasteiger partial charge in [-0.05, 0) is 58.5 Å². The lowest BCUT2D eigenvalue weighted by molar-refractivity contribution is -0.118. The topological polar surface area (TPSA) is 78.3 Å². The largest absolute Gasteiger partial charge is 0.490 e. The van der Waals surface area contributed by atoms with Gasteiger partial charge in [-0.2, -0.15) is 10.1 Å². The number of halogens is 2. The fourth-order valence-corrected chi connectivity index (χ4v) is 5.35. The van der Waals surface area contributed by atoms with Crippen molar-refractivity contribution in [1.82, 2.24) is 14.8 Å². The number of rotatable bonds is 6. The number of hydrogen-bond donors (Lipinski definition) is 1. The van der Waals surface area contributed by atoms with Crippen LogP contribution in [0.4, 0.5) is 10.3 Å². The molecule has 0 radical (unpaired) electrons. The van der Waals surface area contributed by atoms with E-state index in [-0.39, 0.29) is 23.6 Å². The van der Waals surface area contributed by atoms with Crippen molar-refractivity contribution in [1.29, 1.82) is 0 Å². The molecule has 0 spiro atoms. The molecule has 35 heavy (non-hydrogen) atoms. The highest BCUT2D eigenvalue weighted by atomic mass is 79.9. The molecule has 7 nitrogen and oxygen atoms in total. The van der Waals surface area contributed by atoms with Crippen molar-refractivity contribution in [2.75, 3.05) is 11.9 Å². The normalized spacial score (nSPS) is 18.5. The van der Waals surface area contributed by atoms with Gasteiger partial charge >= 0.3 is 0 Å². The minimum Gasteiger partial charge on any atom is -0.490 e. The van der Waals surface area contributed by atoms with E-state index >= 15 is 0 Å². The van der Waals surface area contributed by atoms with Gasteiger partial charge in [0.05, 0.1) is 11.1 Å². The lowest BCUT2D eigenvalue weighted by atomic mass is 9.73. The van der Waals surface area contributed by atoms with Crippen LogP contribution >= 0.6 is 15.9 Å². The van der Waals surface area contributed by atoms with Gasteiger partial charge in [-0.3, -0.25) is 4.79 Å². The van der Waals surface area contributed by atoms with Crippen LogP contribution < -0.4 is 14.8 Å². The number of allylic oxidation sites excluding steroid dienone is 2. The van der Waals surface area contributed by atoms with E-state index in [0.717, 1.165) is 17.7 Å². The third-order valence-corrected chi connectivity index (χ3v) is 6.84. The summed E-state index contributed by atoms with van der Waals surface area (Å²) in [5.74, 6) is 1.32. The van der Waals surface area contributed by atoms with Crippen molar-refractivity contribution in [2.24, 2.45) is 5.41 Å². The van der Waals surface area contributed by atoms with Crippen LogP contribution in [0.1, 0.15) is 50.8 Å². The molecule has 182 valence electrons. The molecule has 0 bridgehead atoms. The Bertz CT molecular complexity index is 1330. The monoisotopic (exact) mass is 540 g/mol. The van der Waals surface area contributed by atoms with E-state index in [1.807, 2.05) is 19.1 Å². The molecule has 0 amide bonds. The summed E-state index contributed by atoms with van der Waals surface area (Å²) < 4.78 is 28.4. The molecule has 2 aromatic carbocycles. The van der Waals surface area contributed by atoms with Crippen LogP contribution in [0, 0.1) is 11.2 Å². The van der Waals surface area contributed by atoms with Gasteiger partial charge in [0, 0.05) is 23.3 Å². The number of Topliss-reactive ketones (excluding diaryl/α,β-unsaturated/α-hetero) is 1. The lowest BCUT2D eigenvalue weighted by Crippen LogP contribution is -2.36. The number of aromatic nitrogens is 3. The highest BCUT2D eigenvalue weighted by Crippen LogP contribution is 2.47. The van der Waals surface area contributed by atoms with Crippen molar-refractivity contribution < 1.29 is 18.7 Å². The van der Waals surface area contributed by atoms with E-state index < -0.39 is 6.04 Å². The molecule has 2 heterocycles. The van der Waals surface area contributed by atoms with E-state index in [1.54, 1.807) is 22.9 Å². The first-order chi connectivity index (χ1) is 16.8. The van der Waals surface area contributed by atoms with Crippen LogP contribution in [0.15, 0.2) is 58.5 Å². The molecule has 1 aliphatic heterocycles. The Morgan fingerprint density at radius 2 is 2.03 bits per heavy atom. The maximum absolute atomic E-state index is 14.1. The van der Waals surface area contributed by atoms with Crippen molar-refractivity contribution in [3.05, 3.63) is 75.4 Å². The summed E-state index contributed by atoms with van der Waals surface area (Å²) >= 11 is 3.62. The third kappa shape index (κ3) is 4.45. The SMILES string of the molecule is CCOc1cc(C2C3=C(CC(C)(C)CC3=O)Nc3ncnn32)cc(Br)c1OCc1ccccc1F. The van der Waals surface area contributed by atoms with Crippen LogP contribution in [0.3, 0.4) is 0 Å². The zero-order valence-electron chi connectivity index (χ0n) is 19.8. The van der Waals surface area contributed by atoms with Gasteiger partial charge in [-0.25, -0.2) is 9.07 Å². The number of carbonyl (C=O) groups is 1. The molecule has 1 N–H and O–H groups in total. The molecule has 1 atom stereocenters.